The Balaban J connectivity index is 2.60. The van der Waals surface area contributed by atoms with Gasteiger partial charge in [-0.1, -0.05) is 0 Å². The Morgan fingerprint density at radius 1 is 1.80 bits per heavy atom. The van der Waals surface area contributed by atoms with Crippen molar-refractivity contribution in [2.24, 2.45) is 0 Å². The molecule has 0 fully saturated rings. The second kappa shape index (κ2) is 2.51. The molecule has 0 spiro atoms. The molecule has 0 aliphatic heterocycles. The molecule has 1 atom stereocenters. The van der Waals surface area contributed by atoms with Crippen molar-refractivity contribution in [1.82, 2.24) is 0 Å². The molecule has 1 N–H and O–H groups in total. The lowest BCUT2D eigenvalue weighted by Gasteiger charge is -2.04. The minimum Gasteiger partial charge on any atom is -0.508 e. The molecule has 54 valence electrons. The fourth-order valence-electron chi connectivity index (χ4n) is 0.754. The molecule has 0 radical (unpaired) electrons. The second-order valence-electron chi connectivity index (χ2n) is 2.08. The first-order chi connectivity index (χ1) is 4.70. The summed E-state index contributed by atoms with van der Waals surface area (Å²) in [4.78, 5) is 9.73. The Morgan fingerprint density at radius 2 is 2.50 bits per heavy atom. The number of rotatable bonds is 1. The zero-order chi connectivity index (χ0) is 7.56. The third-order valence-electron chi connectivity index (χ3n) is 1.33. The molecule has 0 saturated carbocycles. The molecule has 0 aromatic rings. The van der Waals surface area contributed by atoms with Crippen molar-refractivity contribution in [2.75, 3.05) is 0 Å². The monoisotopic (exact) mass is 141 g/mol. The molecular formula is C6H7NO3. The average molecular weight is 141 g/mol. The van der Waals surface area contributed by atoms with Gasteiger partial charge in [0.05, 0.1) is 0 Å². The zero-order valence-electron chi connectivity index (χ0n) is 5.23. The first-order valence-electron chi connectivity index (χ1n) is 2.91. The van der Waals surface area contributed by atoms with Crippen LogP contribution in [0.3, 0.4) is 0 Å². The third-order valence-corrected chi connectivity index (χ3v) is 1.33. The van der Waals surface area contributed by atoms with Crippen molar-refractivity contribution in [3.8, 4) is 0 Å². The third kappa shape index (κ3) is 1.34. The van der Waals surface area contributed by atoms with E-state index in [1.165, 1.54) is 18.2 Å². The van der Waals surface area contributed by atoms with Crippen molar-refractivity contribution < 1.29 is 10.0 Å². The molecule has 4 heteroatoms. The number of aliphatic hydroxyl groups is 1. The van der Waals surface area contributed by atoms with Gasteiger partial charge in [-0.25, -0.2) is 0 Å². The normalized spacial score (nSPS) is 24.0. The summed E-state index contributed by atoms with van der Waals surface area (Å²) >= 11 is 0. The van der Waals surface area contributed by atoms with Gasteiger partial charge >= 0.3 is 0 Å². The van der Waals surface area contributed by atoms with Crippen LogP contribution in [0, 0.1) is 10.1 Å². The maximum Gasteiger partial charge on any atom is 0.235 e. The van der Waals surface area contributed by atoms with Crippen LogP contribution in [0.1, 0.15) is 6.42 Å². The topological polar surface area (TPSA) is 63.4 Å². The first-order valence-corrected chi connectivity index (χ1v) is 2.91. The highest BCUT2D eigenvalue weighted by molar-refractivity contribution is 5.17. The van der Waals surface area contributed by atoms with Gasteiger partial charge in [0.1, 0.15) is 5.76 Å². The Hall–Kier alpha value is -1.32. The molecule has 10 heavy (non-hydrogen) atoms. The molecule has 4 nitrogen and oxygen atoms in total. The van der Waals surface area contributed by atoms with Crippen LogP contribution in [-0.4, -0.2) is 16.1 Å². The molecule has 1 aliphatic carbocycles. The Morgan fingerprint density at radius 3 is 2.90 bits per heavy atom. The lowest BCUT2D eigenvalue weighted by Crippen LogP contribution is -2.17. The van der Waals surface area contributed by atoms with Gasteiger partial charge in [-0.05, 0) is 18.2 Å². The maximum absolute atomic E-state index is 10.1. The van der Waals surface area contributed by atoms with Crippen molar-refractivity contribution in [2.45, 2.75) is 12.5 Å². The van der Waals surface area contributed by atoms with Gasteiger partial charge in [0.25, 0.3) is 0 Å². The summed E-state index contributed by atoms with van der Waals surface area (Å²) in [5.41, 5.74) is 0. The molecule has 0 heterocycles. The van der Waals surface area contributed by atoms with E-state index in [4.69, 9.17) is 5.11 Å². The number of nitro groups is 1. The lowest BCUT2D eigenvalue weighted by atomic mass is 10.1. The van der Waals surface area contributed by atoms with Gasteiger partial charge in [-0.15, -0.1) is 0 Å². The van der Waals surface area contributed by atoms with E-state index >= 15 is 0 Å². The highest BCUT2D eigenvalue weighted by Crippen LogP contribution is 2.09. The van der Waals surface area contributed by atoms with Crippen molar-refractivity contribution in [3.63, 3.8) is 0 Å². The van der Waals surface area contributed by atoms with Crippen LogP contribution in [0.4, 0.5) is 0 Å². The molecule has 0 amide bonds. The van der Waals surface area contributed by atoms with Gasteiger partial charge < -0.3 is 5.11 Å². The largest absolute Gasteiger partial charge is 0.508 e. The molecular weight excluding hydrogens is 134 g/mol. The SMILES string of the molecule is O=[N+]([O-])C1C=CC(O)=CC1. The molecule has 1 rings (SSSR count). The van der Waals surface area contributed by atoms with Gasteiger partial charge in [-0.3, -0.25) is 10.1 Å². The van der Waals surface area contributed by atoms with E-state index in [9.17, 15) is 10.1 Å². The van der Waals surface area contributed by atoms with Gasteiger partial charge in [0, 0.05) is 11.3 Å². The summed E-state index contributed by atoms with van der Waals surface area (Å²) in [6, 6.07) is -0.657. The standard InChI is InChI=1S/C6H7NO3/c8-6-3-1-5(2-4-6)7(9)10/h1,3-5,8H,2H2. The molecule has 0 aromatic carbocycles. The van der Waals surface area contributed by atoms with E-state index in [2.05, 4.69) is 0 Å². The molecule has 1 unspecified atom stereocenters. The smallest absolute Gasteiger partial charge is 0.235 e. The highest BCUT2D eigenvalue weighted by atomic mass is 16.6. The summed E-state index contributed by atoms with van der Waals surface area (Å²) in [6.07, 6.45) is 4.45. The Labute approximate surface area is 57.6 Å². The van der Waals surface area contributed by atoms with E-state index in [1.54, 1.807) is 0 Å². The fourth-order valence-corrected chi connectivity index (χ4v) is 0.754. The van der Waals surface area contributed by atoms with Crippen LogP contribution in [0.2, 0.25) is 0 Å². The molecule has 0 aromatic heterocycles. The number of allylic oxidation sites excluding steroid dienone is 1. The summed E-state index contributed by atoms with van der Waals surface area (Å²) in [5, 5.41) is 18.9. The van der Waals surface area contributed by atoms with E-state index < -0.39 is 6.04 Å². The van der Waals surface area contributed by atoms with E-state index in [0.29, 0.717) is 0 Å². The van der Waals surface area contributed by atoms with Crippen molar-refractivity contribution >= 4 is 0 Å². The van der Waals surface area contributed by atoms with Gasteiger partial charge in [-0.2, -0.15) is 0 Å². The van der Waals surface area contributed by atoms with Crippen LogP contribution < -0.4 is 0 Å². The van der Waals surface area contributed by atoms with Crippen LogP contribution in [-0.2, 0) is 0 Å². The maximum atomic E-state index is 10.1. The first kappa shape index (κ1) is 6.80. The van der Waals surface area contributed by atoms with Crippen molar-refractivity contribution in [1.29, 1.82) is 0 Å². The number of hydrogen-bond donors (Lipinski definition) is 1. The van der Waals surface area contributed by atoms with Crippen molar-refractivity contribution in [3.05, 3.63) is 34.1 Å². The zero-order valence-corrected chi connectivity index (χ0v) is 5.23. The second-order valence-corrected chi connectivity index (χ2v) is 2.08. The minimum atomic E-state index is -0.657. The van der Waals surface area contributed by atoms with Gasteiger partial charge in [0.15, 0.2) is 0 Å². The highest BCUT2D eigenvalue weighted by Gasteiger charge is 2.17. The van der Waals surface area contributed by atoms with E-state index in [-0.39, 0.29) is 17.1 Å². The van der Waals surface area contributed by atoms with E-state index in [0.717, 1.165) is 0 Å². The minimum absolute atomic E-state index is 0.109. The lowest BCUT2D eigenvalue weighted by molar-refractivity contribution is -0.508. The molecule has 1 aliphatic rings. The quantitative estimate of drug-likeness (QED) is 0.438. The van der Waals surface area contributed by atoms with Crippen LogP contribution in [0.15, 0.2) is 24.0 Å². The Kier molecular flexibility index (Phi) is 1.71. The summed E-state index contributed by atoms with van der Waals surface area (Å²) in [5.74, 6) is 0.109. The molecule has 0 saturated heterocycles. The summed E-state index contributed by atoms with van der Waals surface area (Å²) in [7, 11) is 0. The van der Waals surface area contributed by atoms with Gasteiger partial charge in [0.2, 0.25) is 6.04 Å². The predicted octanol–water partition coefficient (Wildman–Crippen LogP) is 1.03. The number of nitrogens with zero attached hydrogens (tertiary/aromatic N) is 1. The van der Waals surface area contributed by atoms with E-state index in [1.807, 2.05) is 0 Å². The van der Waals surface area contributed by atoms with Crippen LogP contribution >= 0.6 is 0 Å². The van der Waals surface area contributed by atoms with Crippen LogP contribution in [0.25, 0.3) is 0 Å². The number of aliphatic hydroxyl groups excluding tert-OH is 1. The van der Waals surface area contributed by atoms with Crippen LogP contribution in [0.5, 0.6) is 0 Å². The summed E-state index contributed by atoms with van der Waals surface area (Å²) < 4.78 is 0. The summed E-state index contributed by atoms with van der Waals surface area (Å²) in [6.45, 7) is 0. The predicted molar refractivity (Wildman–Crippen MR) is 35.3 cm³/mol. The number of hydrogen-bond acceptors (Lipinski definition) is 3. The fraction of sp³-hybridized carbons (Fsp3) is 0.333. The Bertz CT molecular complexity index is 207. The molecule has 0 bridgehead atoms. The average Bonchev–Trinajstić information content (AvgIpc) is 1.88.